The fourth-order valence-electron chi connectivity index (χ4n) is 3.44. The first-order valence-electron chi connectivity index (χ1n) is 9.89. The van der Waals surface area contributed by atoms with Gasteiger partial charge in [-0.2, -0.15) is 0 Å². The summed E-state index contributed by atoms with van der Waals surface area (Å²) >= 11 is 0. The summed E-state index contributed by atoms with van der Waals surface area (Å²) in [5.74, 6) is -0.687. The molecular formula is C23H21FN4O3. The Bertz CT molecular complexity index is 1080. The van der Waals surface area contributed by atoms with E-state index in [2.05, 4.69) is 15.3 Å². The van der Waals surface area contributed by atoms with E-state index in [1.54, 1.807) is 17.0 Å². The zero-order valence-electron chi connectivity index (χ0n) is 16.7. The number of nitrogens with one attached hydrogen (secondary N) is 1. The minimum absolute atomic E-state index is 0.0453. The van der Waals surface area contributed by atoms with E-state index in [0.717, 1.165) is 5.56 Å². The van der Waals surface area contributed by atoms with Crippen molar-refractivity contribution in [3.8, 4) is 5.88 Å². The van der Waals surface area contributed by atoms with E-state index in [0.29, 0.717) is 12.1 Å². The maximum atomic E-state index is 13.4. The first-order valence-corrected chi connectivity index (χ1v) is 9.89. The predicted molar refractivity (Wildman–Crippen MR) is 111 cm³/mol. The molecule has 0 fully saturated rings. The Kier molecular flexibility index (Phi) is 6.16. The maximum Gasteiger partial charge on any atom is 0.261 e. The van der Waals surface area contributed by atoms with Crippen LogP contribution in [0.25, 0.3) is 0 Å². The molecule has 1 unspecified atom stereocenters. The summed E-state index contributed by atoms with van der Waals surface area (Å²) in [5, 5.41) is 2.84. The number of fused-ring (bicyclic) bond motifs is 1. The lowest BCUT2D eigenvalue weighted by Crippen LogP contribution is -2.48. The van der Waals surface area contributed by atoms with Gasteiger partial charge < -0.3 is 15.0 Å². The molecule has 1 aliphatic rings. The van der Waals surface area contributed by atoms with Crippen molar-refractivity contribution in [2.45, 2.75) is 19.0 Å². The van der Waals surface area contributed by atoms with Crippen LogP contribution in [0.3, 0.4) is 0 Å². The van der Waals surface area contributed by atoms with E-state index in [1.165, 1.54) is 24.7 Å². The second kappa shape index (κ2) is 9.34. The van der Waals surface area contributed by atoms with E-state index in [1.807, 2.05) is 30.3 Å². The quantitative estimate of drug-likeness (QED) is 0.662. The van der Waals surface area contributed by atoms with Crippen molar-refractivity contribution in [1.29, 1.82) is 0 Å². The van der Waals surface area contributed by atoms with Crippen molar-refractivity contribution in [3.63, 3.8) is 0 Å². The Balaban J connectivity index is 1.50. The summed E-state index contributed by atoms with van der Waals surface area (Å²) in [5.41, 5.74) is 1.81. The summed E-state index contributed by atoms with van der Waals surface area (Å²) in [6.07, 6.45) is 2.81. The summed E-state index contributed by atoms with van der Waals surface area (Å²) in [7, 11) is 0. The lowest BCUT2D eigenvalue weighted by atomic mass is 10.1. The molecule has 7 nitrogen and oxygen atoms in total. The minimum Gasteiger partial charge on any atom is -0.475 e. The van der Waals surface area contributed by atoms with Crippen LogP contribution in [0.4, 0.5) is 4.39 Å². The van der Waals surface area contributed by atoms with E-state index in [4.69, 9.17) is 4.74 Å². The molecular weight excluding hydrogens is 399 g/mol. The van der Waals surface area contributed by atoms with Crippen LogP contribution < -0.4 is 10.1 Å². The standard InChI is InChI=1S/C23H21FN4O3/c24-18-8-4-7-17(9-18)10-21(29)26-11-19-14-31-22-20(12-25-15-27-22)23(30)28(19)13-16-5-2-1-3-6-16/h1-9,12,15,19H,10-11,13-14H2,(H,26,29). The van der Waals surface area contributed by atoms with Gasteiger partial charge in [-0.25, -0.2) is 14.4 Å². The van der Waals surface area contributed by atoms with E-state index in [9.17, 15) is 14.0 Å². The Morgan fingerprint density at radius 1 is 1.16 bits per heavy atom. The maximum absolute atomic E-state index is 13.4. The molecule has 31 heavy (non-hydrogen) atoms. The van der Waals surface area contributed by atoms with Crippen molar-refractivity contribution in [2.75, 3.05) is 13.2 Å². The van der Waals surface area contributed by atoms with Gasteiger partial charge in [-0.05, 0) is 23.3 Å². The van der Waals surface area contributed by atoms with Crippen LogP contribution in [0.2, 0.25) is 0 Å². The van der Waals surface area contributed by atoms with Gasteiger partial charge in [0.1, 0.15) is 24.3 Å². The van der Waals surface area contributed by atoms with Crippen LogP contribution in [0.5, 0.6) is 5.88 Å². The van der Waals surface area contributed by atoms with E-state index >= 15 is 0 Å². The molecule has 0 saturated heterocycles. The molecule has 0 radical (unpaired) electrons. The minimum atomic E-state index is -0.418. The van der Waals surface area contributed by atoms with E-state index in [-0.39, 0.29) is 48.6 Å². The molecule has 4 rings (SSSR count). The van der Waals surface area contributed by atoms with Crippen molar-refractivity contribution in [2.24, 2.45) is 0 Å². The van der Waals surface area contributed by atoms with Gasteiger partial charge in [0, 0.05) is 19.3 Å². The SMILES string of the molecule is O=C(Cc1cccc(F)c1)NCC1COc2ncncc2C(=O)N1Cc1ccccc1. The third-order valence-corrected chi connectivity index (χ3v) is 5.00. The molecule has 0 spiro atoms. The molecule has 1 N–H and O–H groups in total. The van der Waals surface area contributed by atoms with Gasteiger partial charge in [-0.3, -0.25) is 9.59 Å². The number of amides is 2. The second-order valence-corrected chi connectivity index (χ2v) is 7.24. The predicted octanol–water partition coefficient (Wildman–Crippen LogP) is 2.38. The average Bonchev–Trinajstić information content (AvgIpc) is 2.90. The van der Waals surface area contributed by atoms with Gasteiger partial charge in [-0.1, -0.05) is 42.5 Å². The summed E-state index contributed by atoms with van der Waals surface area (Å²) < 4.78 is 19.1. The number of halogens is 1. The average molecular weight is 420 g/mol. The number of ether oxygens (including phenoxy) is 1. The molecule has 3 aromatic rings. The summed E-state index contributed by atoms with van der Waals surface area (Å²) in [6, 6.07) is 15.1. The summed E-state index contributed by atoms with van der Waals surface area (Å²) in [6.45, 7) is 0.707. The fourth-order valence-corrected chi connectivity index (χ4v) is 3.44. The number of carbonyl (C=O) groups excluding carboxylic acids is 2. The molecule has 2 aromatic carbocycles. The highest BCUT2D eigenvalue weighted by atomic mass is 19.1. The number of rotatable bonds is 6. The first-order chi connectivity index (χ1) is 15.1. The monoisotopic (exact) mass is 420 g/mol. The number of nitrogens with zero attached hydrogens (tertiary/aromatic N) is 3. The highest BCUT2D eigenvalue weighted by molar-refractivity contribution is 5.96. The van der Waals surface area contributed by atoms with Gasteiger partial charge >= 0.3 is 0 Å². The molecule has 2 amide bonds. The van der Waals surface area contributed by atoms with Crippen LogP contribution in [0.1, 0.15) is 21.5 Å². The van der Waals surface area contributed by atoms with Crippen LogP contribution >= 0.6 is 0 Å². The number of benzene rings is 2. The van der Waals surface area contributed by atoms with Crippen LogP contribution in [-0.4, -0.2) is 45.9 Å². The van der Waals surface area contributed by atoms with Crippen molar-refractivity contribution < 1.29 is 18.7 Å². The Labute approximate surface area is 178 Å². The van der Waals surface area contributed by atoms with Crippen molar-refractivity contribution in [1.82, 2.24) is 20.2 Å². The molecule has 158 valence electrons. The molecule has 0 bridgehead atoms. The van der Waals surface area contributed by atoms with Gasteiger partial charge in [0.2, 0.25) is 11.8 Å². The molecule has 1 atom stereocenters. The van der Waals surface area contributed by atoms with Gasteiger partial charge in [0.15, 0.2) is 0 Å². The lowest BCUT2D eigenvalue weighted by Gasteiger charge is -2.29. The molecule has 2 heterocycles. The number of carbonyl (C=O) groups is 2. The normalized spacial score (nSPS) is 15.6. The van der Waals surface area contributed by atoms with Gasteiger partial charge in [-0.15, -0.1) is 0 Å². The van der Waals surface area contributed by atoms with Crippen molar-refractivity contribution >= 4 is 11.8 Å². The van der Waals surface area contributed by atoms with Crippen LogP contribution in [-0.2, 0) is 17.8 Å². The molecule has 1 aliphatic heterocycles. The van der Waals surface area contributed by atoms with Crippen molar-refractivity contribution in [3.05, 3.63) is 89.6 Å². The molecule has 0 saturated carbocycles. The molecule has 1 aromatic heterocycles. The Morgan fingerprint density at radius 2 is 1.97 bits per heavy atom. The second-order valence-electron chi connectivity index (χ2n) is 7.24. The van der Waals surface area contributed by atoms with Gasteiger partial charge in [0.25, 0.3) is 5.91 Å². The van der Waals surface area contributed by atoms with Crippen LogP contribution in [0, 0.1) is 5.82 Å². The lowest BCUT2D eigenvalue weighted by molar-refractivity contribution is -0.120. The van der Waals surface area contributed by atoms with Gasteiger partial charge in [0.05, 0.1) is 12.5 Å². The highest BCUT2D eigenvalue weighted by Crippen LogP contribution is 2.23. The number of aromatic nitrogens is 2. The number of hydrogen-bond donors (Lipinski definition) is 1. The zero-order valence-corrected chi connectivity index (χ0v) is 16.7. The van der Waals surface area contributed by atoms with E-state index < -0.39 is 6.04 Å². The largest absolute Gasteiger partial charge is 0.475 e. The fraction of sp³-hybridized carbons (Fsp3) is 0.217. The molecule has 0 aliphatic carbocycles. The highest BCUT2D eigenvalue weighted by Gasteiger charge is 2.32. The topological polar surface area (TPSA) is 84.4 Å². The summed E-state index contributed by atoms with van der Waals surface area (Å²) in [4.78, 5) is 35.3. The van der Waals surface area contributed by atoms with Crippen LogP contribution in [0.15, 0.2) is 67.1 Å². The molecule has 8 heteroatoms. The third-order valence-electron chi connectivity index (χ3n) is 5.00. The first kappa shape index (κ1) is 20.5. The zero-order chi connectivity index (χ0) is 21.6. The smallest absolute Gasteiger partial charge is 0.261 e. The Morgan fingerprint density at radius 3 is 2.77 bits per heavy atom. The third kappa shape index (κ3) is 5.03. The Hall–Kier alpha value is -3.81. The number of hydrogen-bond acceptors (Lipinski definition) is 5.